The zero-order chi connectivity index (χ0) is 12.2. The molecule has 3 heteroatoms. The summed E-state index contributed by atoms with van der Waals surface area (Å²) in [5, 5.41) is 12.7. The van der Waals surface area contributed by atoms with Crippen LogP contribution in [0.1, 0.15) is 40.0 Å². The topological polar surface area (TPSA) is 39.1 Å². The Morgan fingerprint density at radius 1 is 1.50 bits per heavy atom. The van der Waals surface area contributed by atoms with Crippen LogP contribution < -0.4 is 5.32 Å². The van der Waals surface area contributed by atoms with Crippen molar-refractivity contribution in [2.24, 2.45) is 5.92 Å². The minimum absolute atomic E-state index is 0.382. The lowest BCUT2D eigenvalue weighted by molar-refractivity contribution is 0.247. The second-order valence-electron chi connectivity index (χ2n) is 5.78. The van der Waals surface area contributed by atoms with Crippen LogP contribution >= 0.6 is 0 Å². The third kappa shape index (κ3) is 4.96. The molecule has 0 aromatic rings. The summed E-state index contributed by atoms with van der Waals surface area (Å²) in [6.45, 7) is 8.37. The van der Waals surface area contributed by atoms with Gasteiger partial charge in [-0.25, -0.2) is 0 Å². The van der Waals surface area contributed by atoms with Crippen LogP contribution in [-0.2, 0) is 0 Å². The average molecular weight is 223 g/mol. The molecule has 0 saturated heterocycles. The number of likely N-dealkylation sites (N-methyl/N-ethyl adjacent to an activating group) is 1. The molecule has 1 aliphatic rings. The summed E-state index contributed by atoms with van der Waals surface area (Å²) >= 11 is 0. The molecule has 1 unspecified atom stereocenters. The van der Waals surface area contributed by atoms with Gasteiger partial charge < -0.3 is 4.90 Å². The molecule has 0 aromatic carbocycles. The van der Waals surface area contributed by atoms with Gasteiger partial charge in [-0.1, -0.05) is 13.8 Å². The van der Waals surface area contributed by atoms with Crippen molar-refractivity contribution in [2.75, 3.05) is 20.1 Å². The molecule has 0 heterocycles. The molecule has 1 fully saturated rings. The molecule has 1 atom stereocenters. The maximum Gasteiger partial charge on any atom is 0.116 e. The summed E-state index contributed by atoms with van der Waals surface area (Å²) in [5.41, 5.74) is -0.382. The van der Waals surface area contributed by atoms with Crippen molar-refractivity contribution >= 4 is 0 Å². The van der Waals surface area contributed by atoms with Gasteiger partial charge in [-0.2, -0.15) is 5.26 Å². The lowest BCUT2D eigenvalue weighted by Crippen LogP contribution is -2.50. The molecule has 92 valence electrons. The molecule has 0 bridgehead atoms. The maximum atomic E-state index is 9.25. The zero-order valence-electron chi connectivity index (χ0n) is 11.1. The zero-order valence-corrected chi connectivity index (χ0v) is 11.1. The predicted octanol–water partition coefficient (Wildman–Crippen LogP) is 2.00. The third-order valence-corrected chi connectivity index (χ3v) is 3.02. The molecule has 1 saturated carbocycles. The molecule has 0 radical (unpaired) electrons. The number of hydrogen-bond donors (Lipinski definition) is 1. The van der Waals surface area contributed by atoms with Crippen molar-refractivity contribution in [3.63, 3.8) is 0 Å². The molecule has 3 nitrogen and oxygen atoms in total. The highest BCUT2D eigenvalue weighted by molar-refractivity contribution is 5.08. The standard InChI is InChI=1S/C13H25N3/c1-11(2)7-8-16(4)10-13(3,9-14)15-12-5-6-12/h11-12,15H,5-8,10H2,1-4H3. The van der Waals surface area contributed by atoms with Crippen LogP contribution in [-0.4, -0.2) is 36.6 Å². The highest BCUT2D eigenvalue weighted by atomic mass is 15.2. The van der Waals surface area contributed by atoms with E-state index in [1.165, 1.54) is 19.3 Å². The predicted molar refractivity (Wildman–Crippen MR) is 67.1 cm³/mol. The van der Waals surface area contributed by atoms with E-state index in [2.05, 4.69) is 37.2 Å². The van der Waals surface area contributed by atoms with Crippen molar-refractivity contribution in [3.8, 4) is 6.07 Å². The Bertz CT molecular complexity index is 252. The summed E-state index contributed by atoms with van der Waals surface area (Å²) in [7, 11) is 2.10. The molecule has 0 spiro atoms. The van der Waals surface area contributed by atoms with Gasteiger partial charge in [0.25, 0.3) is 0 Å². The first-order chi connectivity index (χ1) is 7.45. The molecule has 1 rings (SSSR count). The fraction of sp³-hybridized carbons (Fsp3) is 0.923. The smallest absolute Gasteiger partial charge is 0.116 e. The Kier molecular flexibility index (Phi) is 4.76. The SMILES string of the molecule is CC(C)CCN(C)CC(C)(C#N)NC1CC1. The molecule has 0 amide bonds. The van der Waals surface area contributed by atoms with Gasteiger partial charge in [0.15, 0.2) is 0 Å². The van der Waals surface area contributed by atoms with E-state index >= 15 is 0 Å². The van der Waals surface area contributed by atoms with Crippen LogP contribution in [0.15, 0.2) is 0 Å². The van der Waals surface area contributed by atoms with E-state index in [0.717, 1.165) is 19.0 Å². The normalized spacial score (nSPS) is 19.8. The van der Waals surface area contributed by atoms with Gasteiger partial charge in [0.1, 0.15) is 5.54 Å². The molecular formula is C13H25N3. The first-order valence-corrected chi connectivity index (χ1v) is 6.32. The van der Waals surface area contributed by atoms with Gasteiger partial charge >= 0.3 is 0 Å². The van der Waals surface area contributed by atoms with Gasteiger partial charge in [0, 0.05) is 12.6 Å². The molecular weight excluding hydrogens is 198 g/mol. The number of nitriles is 1. The van der Waals surface area contributed by atoms with Crippen molar-refractivity contribution in [1.82, 2.24) is 10.2 Å². The number of nitrogens with zero attached hydrogens (tertiary/aromatic N) is 2. The number of nitrogens with one attached hydrogen (secondary N) is 1. The van der Waals surface area contributed by atoms with E-state index in [0.29, 0.717) is 6.04 Å². The van der Waals surface area contributed by atoms with Gasteiger partial charge in [0.2, 0.25) is 0 Å². The average Bonchev–Trinajstić information content (AvgIpc) is 2.98. The summed E-state index contributed by atoms with van der Waals surface area (Å²) in [6, 6.07) is 3.00. The van der Waals surface area contributed by atoms with Crippen LogP contribution in [0.25, 0.3) is 0 Å². The second-order valence-corrected chi connectivity index (χ2v) is 5.78. The van der Waals surface area contributed by atoms with Gasteiger partial charge in [0.05, 0.1) is 6.07 Å². The Hall–Kier alpha value is -0.590. The first kappa shape index (κ1) is 13.5. The summed E-state index contributed by atoms with van der Waals surface area (Å²) in [5.74, 6) is 0.729. The summed E-state index contributed by atoms with van der Waals surface area (Å²) < 4.78 is 0. The van der Waals surface area contributed by atoms with E-state index in [1.54, 1.807) is 0 Å². The third-order valence-electron chi connectivity index (χ3n) is 3.02. The fourth-order valence-corrected chi connectivity index (χ4v) is 1.89. The van der Waals surface area contributed by atoms with Crippen molar-refractivity contribution in [1.29, 1.82) is 5.26 Å². The first-order valence-electron chi connectivity index (χ1n) is 6.32. The molecule has 1 N–H and O–H groups in total. The van der Waals surface area contributed by atoms with E-state index in [4.69, 9.17) is 0 Å². The Labute approximate surface area is 99.8 Å². The molecule has 0 aromatic heterocycles. The quantitative estimate of drug-likeness (QED) is 0.717. The van der Waals surface area contributed by atoms with Crippen LogP contribution in [0.4, 0.5) is 0 Å². The largest absolute Gasteiger partial charge is 0.303 e. The van der Waals surface area contributed by atoms with Crippen LogP contribution in [0, 0.1) is 17.2 Å². The molecule has 0 aliphatic heterocycles. The van der Waals surface area contributed by atoms with E-state index in [9.17, 15) is 5.26 Å². The lowest BCUT2D eigenvalue weighted by atomic mass is 10.0. The molecule has 1 aliphatic carbocycles. The van der Waals surface area contributed by atoms with Crippen LogP contribution in [0.2, 0.25) is 0 Å². The van der Waals surface area contributed by atoms with Crippen molar-refractivity contribution < 1.29 is 0 Å². The Morgan fingerprint density at radius 2 is 2.12 bits per heavy atom. The van der Waals surface area contributed by atoms with Crippen LogP contribution in [0.5, 0.6) is 0 Å². The summed E-state index contributed by atoms with van der Waals surface area (Å²) in [6.07, 6.45) is 3.65. The second kappa shape index (κ2) is 5.65. The minimum Gasteiger partial charge on any atom is -0.303 e. The van der Waals surface area contributed by atoms with Gasteiger partial charge in [-0.15, -0.1) is 0 Å². The highest BCUT2D eigenvalue weighted by Crippen LogP contribution is 2.22. The van der Waals surface area contributed by atoms with E-state index < -0.39 is 0 Å². The van der Waals surface area contributed by atoms with Crippen molar-refractivity contribution in [3.05, 3.63) is 0 Å². The Morgan fingerprint density at radius 3 is 2.56 bits per heavy atom. The lowest BCUT2D eigenvalue weighted by Gasteiger charge is -2.29. The number of hydrogen-bond acceptors (Lipinski definition) is 3. The molecule has 16 heavy (non-hydrogen) atoms. The Balaban J connectivity index is 2.33. The highest BCUT2D eigenvalue weighted by Gasteiger charge is 2.33. The van der Waals surface area contributed by atoms with Gasteiger partial charge in [-0.05, 0) is 45.7 Å². The minimum atomic E-state index is -0.382. The van der Waals surface area contributed by atoms with E-state index in [1.807, 2.05) is 6.92 Å². The maximum absolute atomic E-state index is 9.25. The number of rotatable bonds is 7. The summed E-state index contributed by atoms with van der Waals surface area (Å²) in [4.78, 5) is 2.26. The fourth-order valence-electron chi connectivity index (χ4n) is 1.89. The monoisotopic (exact) mass is 223 g/mol. The van der Waals surface area contributed by atoms with Gasteiger partial charge in [-0.3, -0.25) is 5.32 Å². The van der Waals surface area contributed by atoms with Crippen LogP contribution in [0.3, 0.4) is 0 Å². The van der Waals surface area contributed by atoms with E-state index in [-0.39, 0.29) is 5.54 Å². The van der Waals surface area contributed by atoms with Crippen molar-refractivity contribution in [2.45, 2.75) is 51.6 Å².